The minimum atomic E-state index is 0.0915. The van der Waals surface area contributed by atoms with Crippen LogP contribution in [0.3, 0.4) is 0 Å². The van der Waals surface area contributed by atoms with Gasteiger partial charge in [0.15, 0.2) is 6.29 Å². The first kappa shape index (κ1) is 17.9. The Kier molecular flexibility index (Phi) is 11.9. The van der Waals surface area contributed by atoms with E-state index in [2.05, 4.69) is 31.9 Å². The summed E-state index contributed by atoms with van der Waals surface area (Å²) in [7, 11) is 0. The highest BCUT2D eigenvalue weighted by Gasteiger charge is 2.13. The van der Waals surface area contributed by atoms with E-state index in [1.807, 2.05) is 0 Å². The molecule has 0 amide bonds. The molecule has 0 radical (unpaired) electrons. The van der Waals surface area contributed by atoms with Crippen molar-refractivity contribution in [2.45, 2.75) is 75.3 Å². The van der Waals surface area contributed by atoms with Crippen LogP contribution in [0.1, 0.15) is 64.2 Å². The van der Waals surface area contributed by atoms with Crippen LogP contribution in [0.2, 0.25) is 0 Å². The summed E-state index contributed by atoms with van der Waals surface area (Å²) in [5, 5.41) is 1.06. The Morgan fingerprint density at radius 1 is 1.05 bits per heavy atom. The normalized spacial score (nSPS) is 21.5. The number of unbranched alkanes of at least 4 members (excludes halogenated alkanes) is 5. The van der Waals surface area contributed by atoms with Crippen molar-refractivity contribution in [3.8, 4) is 0 Å². The van der Waals surface area contributed by atoms with E-state index < -0.39 is 0 Å². The van der Waals surface area contributed by atoms with Crippen LogP contribution in [0.15, 0.2) is 0 Å². The van der Waals surface area contributed by atoms with Gasteiger partial charge in [-0.2, -0.15) is 0 Å². The molecular formula is C15H28Br2O2. The zero-order valence-electron chi connectivity index (χ0n) is 11.9. The van der Waals surface area contributed by atoms with E-state index in [1.54, 1.807) is 0 Å². The second-order valence-corrected chi connectivity index (χ2v) is 7.27. The lowest BCUT2D eigenvalue weighted by Gasteiger charge is -2.22. The van der Waals surface area contributed by atoms with Crippen molar-refractivity contribution in [2.75, 3.05) is 18.5 Å². The third-order valence-corrected chi connectivity index (χ3v) is 5.95. The average Bonchev–Trinajstić information content (AvgIpc) is 2.46. The van der Waals surface area contributed by atoms with E-state index in [0.717, 1.165) is 25.0 Å². The molecule has 1 fully saturated rings. The Morgan fingerprint density at radius 2 is 1.79 bits per heavy atom. The molecule has 0 spiro atoms. The van der Waals surface area contributed by atoms with E-state index in [4.69, 9.17) is 9.47 Å². The molecule has 0 saturated carbocycles. The van der Waals surface area contributed by atoms with Crippen molar-refractivity contribution in [1.29, 1.82) is 0 Å². The fourth-order valence-electron chi connectivity index (χ4n) is 2.31. The molecule has 0 bridgehead atoms. The number of ether oxygens (including phenoxy) is 2. The maximum absolute atomic E-state index is 5.72. The molecule has 1 aliphatic heterocycles. The van der Waals surface area contributed by atoms with Crippen LogP contribution in [0.5, 0.6) is 0 Å². The van der Waals surface area contributed by atoms with E-state index in [9.17, 15) is 0 Å². The molecule has 2 nitrogen and oxygen atoms in total. The summed E-state index contributed by atoms with van der Waals surface area (Å²) in [4.78, 5) is 0.649. The van der Waals surface area contributed by atoms with Crippen LogP contribution in [0.25, 0.3) is 0 Å². The van der Waals surface area contributed by atoms with Gasteiger partial charge in [-0.15, -0.1) is 0 Å². The molecule has 0 aliphatic carbocycles. The van der Waals surface area contributed by atoms with Crippen molar-refractivity contribution in [2.24, 2.45) is 0 Å². The molecule has 114 valence electrons. The topological polar surface area (TPSA) is 18.5 Å². The fraction of sp³-hybridized carbons (Fsp3) is 1.00. The first-order valence-electron chi connectivity index (χ1n) is 7.76. The highest BCUT2D eigenvalue weighted by molar-refractivity contribution is 9.12. The molecule has 1 rings (SSSR count). The van der Waals surface area contributed by atoms with Gasteiger partial charge in [-0.3, -0.25) is 0 Å². The number of rotatable bonds is 11. The summed E-state index contributed by atoms with van der Waals surface area (Å²) in [5.41, 5.74) is 0. The van der Waals surface area contributed by atoms with Gasteiger partial charge in [-0.05, 0) is 32.1 Å². The fourth-order valence-corrected chi connectivity index (χ4v) is 2.96. The second kappa shape index (κ2) is 12.6. The highest BCUT2D eigenvalue weighted by Crippen LogP contribution is 2.16. The van der Waals surface area contributed by atoms with Gasteiger partial charge in [0.05, 0.1) is 0 Å². The van der Waals surface area contributed by atoms with Gasteiger partial charge in [0.25, 0.3) is 0 Å². The van der Waals surface area contributed by atoms with Crippen molar-refractivity contribution in [3.63, 3.8) is 0 Å². The third-order valence-electron chi connectivity index (χ3n) is 3.52. The zero-order chi connectivity index (χ0) is 13.8. The van der Waals surface area contributed by atoms with Gasteiger partial charge in [0.2, 0.25) is 0 Å². The number of hydrogen-bond donors (Lipinski definition) is 0. The molecule has 2 atom stereocenters. The standard InChI is InChI=1S/C15H28Br2O2/c16-13-14(17)9-5-3-1-2-4-7-11-18-15-10-6-8-12-19-15/h14-15H,1-13H2. The second-order valence-electron chi connectivity index (χ2n) is 5.33. The van der Waals surface area contributed by atoms with Gasteiger partial charge in [-0.25, -0.2) is 0 Å². The Balaban J connectivity index is 1.76. The van der Waals surface area contributed by atoms with Crippen LogP contribution in [-0.2, 0) is 9.47 Å². The Bertz CT molecular complexity index is 197. The smallest absolute Gasteiger partial charge is 0.157 e. The molecule has 0 N–H and O–H groups in total. The lowest BCUT2D eigenvalue weighted by Crippen LogP contribution is -2.22. The molecule has 0 aromatic rings. The first-order valence-corrected chi connectivity index (χ1v) is 9.80. The van der Waals surface area contributed by atoms with Gasteiger partial charge in [0, 0.05) is 23.4 Å². The Labute approximate surface area is 135 Å². The summed E-state index contributed by atoms with van der Waals surface area (Å²) >= 11 is 7.13. The molecule has 19 heavy (non-hydrogen) atoms. The van der Waals surface area contributed by atoms with Crippen molar-refractivity contribution >= 4 is 31.9 Å². The summed E-state index contributed by atoms with van der Waals surface area (Å²) in [6, 6.07) is 0. The monoisotopic (exact) mass is 398 g/mol. The number of alkyl halides is 2. The van der Waals surface area contributed by atoms with Crippen LogP contribution in [-0.4, -0.2) is 29.7 Å². The number of hydrogen-bond acceptors (Lipinski definition) is 2. The van der Waals surface area contributed by atoms with Crippen LogP contribution >= 0.6 is 31.9 Å². The van der Waals surface area contributed by atoms with Crippen molar-refractivity contribution in [1.82, 2.24) is 0 Å². The zero-order valence-corrected chi connectivity index (χ0v) is 15.1. The molecule has 1 saturated heterocycles. The first-order chi connectivity index (χ1) is 9.33. The minimum absolute atomic E-state index is 0.0915. The average molecular weight is 400 g/mol. The van der Waals surface area contributed by atoms with Crippen LogP contribution in [0, 0.1) is 0 Å². The molecular weight excluding hydrogens is 372 g/mol. The van der Waals surface area contributed by atoms with E-state index in [1.165, 1.54) is 57.8 Å². The van der Waals surface area contributed by atoms with Gasteiger partial charge in [-0.1, -0.05) is 64.0 Å². The Morgan fingerprint density at radius 3 is 2.47 bits per heavy atom. The summed E-state index contributed by atoms with van der Waals surface area (Å²) in [6.45, 7) is 1.76. The highest BCUT2D eigenvalue weighted by atomic mass is 79.9. The maximum Gasteiger partial charge on any atom is 0.157 e. The lowest BCUT2D eigenvalue weighted by atomic mass is 10.1. The van der Waals surface area contributed by atoms with Crippen molar-refractivity contribution in [3.05, 3.63) is 0 Å². The van der Waals surface area contributed by atoms with E-state index >= 15 is 0 Å². The molecule has 0 aromatic carbocycles. The predicted molar refractivity (Wildman–Crippen MR) is 88.4 cm³/mol. The van der Waals surface area contributed by atoms with Crippen LogP contribution in [0.4, 0.5) is 0 Å². The maximum atomic E-state index is 5.72. The van der Waals surface area contributed by atoms with Gasteiger partial charge < -0.3 is 9.47 Å². The SMILES string of the molecule is BrCC(Br)CCCCCCCCOC1CCCCO1. The molecule has 4 heteroatoms. The van der Waals surface area contributed by atoms with Crippen LogP contribution < -0.4 is 0 Å². The van der Waals surface area contributed by atoms with Gasteiger partial charge >= 0.3 is 0 Å². The summed E-state index contributed by atoms with van der Waals surface area (Å²) in [6.07, 6.45) is 12.8. The molecule has 0 aromatic heterocycles. The lowest BCUT2D eigenvalue weighted by molar-refractivity contribution is -0.162. The quantitative estimate of drug-likeness (QED) is 0.341. The molecule has 1 heterocycles. The molecule has 1 aliphatic rings. The minimum Gasteiger partial charge on any atom is -0.353 e. The largest absolute Gasteiger partial charge is 0.353 e. The van der Waals surface area contributed by atoms with Crippen molar-refractivity contribution < 1.29 is 9.47 Å². The Hall–Kier alpha value is 0.880. The predicted octanol–water partition coefficient (Wildman–Crippen LogP) is 5.42. The van der Waals surface area contributed by atoms with Gasteiger partial charge in [0.1, 0.15) is 0 Å². The third kappa shape index (κ3) is 10.3. The summed E-state index contributed by atoms with van der Waals surface area (Å²) < 4.78 is 11.3. The molecule has 2 unspecified atom stereocenters. The summed E-state index contributed by atoms with van der Waals surface area (Å²) in [5.74, 6) is 0. The van der Waals surface area contributed by atoms with E-state index in [0.29, 0.717) is 4.83 Å². The van der Waals surface area contributed by atoms with E-state index in [-0.39, 0.29) is 6.29 Å². The number of halogens is 2.